The zero-order chi connectivity index (χ0) is 18.6. The molecule has 1 fully saturated rings. The summed E-state index contributed by atoms with van der Waals surface area (Å²) in [7, 11) is -3.42. The number of benzene rings is 1. The van der Waals surface area contributed by atoms with Crippen molar-refractivity contribution in [1.29, 1.82) is 0 Å². The van der Waals surface area contributed by atoms with Crippen LogP contribution in [0.25, 0.3) is 0 Å². The summed E-state index contributed by atoms with van der Waals surface area (Å²) in [5.74, 6) is -0.102. The summed E-state index contributed by atoms with van der Waals surface area (Å²) in [6, 6.07) is 11.4. The third-order valence-electron chi connectivity index (χ3n) is 4.45. The topological polar surface area (TPSA) is 66.5 Å². The normalized spacial score (nSPS) is 15.7. The number of hydrogen-bond acceptors (Lipinski definition) is 4. The lowest BCUT2D eigenvalue weighted by Crippen LogP contribution is -2.35. The second-order valence-corrected chi connectivity index (χ2v) is 9.96. The predicted octanol–water partition coefficient (Wildman–Crippen LogP) is 3.09. The van der Waals surface area contributed by atoms with Gasteiger partial charge >= 0.3 is 0 Å². The van der Waals surface area contributed by atoms with Gasteiger partial charge in [-0.1, -0.05) is 36.2 Å². The molecule has 1 aromatic heterocycles. The van der Waals surface area contributed by atoms with Crippen LogP contribution in [-0.2, 0) is 27.8 Å². The highest BCUT2D eigenvalue weighted by atomic mass is 32.2. The number of rotatable bonds is 6. The fraction of sp³-hybridized carbons (Fsp3) is 0.421. The summed E-state index contributed by atoms with van der Waals surface area (Å²) in [6.07, 6.45) is 3.12. The van der Waals surface area contributed by atoms with Gasteiger partial charge < -0.3 is 5.32 Å². The molecule has 0 atom stereocenters. The lowest BCUT2D eigenvalue weighted by Gasteiger charge is -2.25. The van der Waals surface area contributed by atoms with Crippen molar-refractivity contribution in [3.8, 4) is 0 Å². The first-order valence-corrected chi connectivity index (χ1v) is 11.1. The Morgan fingerprint density at radius 3 is 2.65 bits per heavy atom. The number of sulfonamides is 1. The van der Waals surface area contributed by atoms with Gasteiger partial charge in [0.2, 0.25) is 5.91 Å². The van der Waals surface area contributed by atoms with Gasteiger partial charge in [0.25, 0.3) is 10.0 Å². The van der Waals surface area contributed by atoms with Crippen molar-refractivity contribution < 1.29 is 13.2 Å². The van der Waals surface area contributed by atoms with Crippen LogP contribution in [0.4, 0.5) is 0 Å². The van der Waals surface area contributed by atoms with E-state index in [-0.39, 0.29) is 12.3 Å². The third kappa shape index (κ3) is 4.72. The largest absolute Gasteiger partial charge is 0.352 e. The Balaban J connectivity index is 1.58. The molecule has 5 nitrogen and oxygen atoms in total. The molecule has 1 saturated heterocycles. The number of carbonyl (C=O) groups excluding carboxylic acids is 1. The van der Waals surface area contributed by atoms with Gasteiger partial charge in [-0.3, -0.25) is 4.79 Å². The maximum absolute atomic E-state index is 12.7. The van der Waals surface area contributed by atoms with Crippen molar-refractivity contribution in [2.45, 2.75) is 43.4 Å². The number of amides is 1. The number of carbonyl (C=O) groups is 1. The highest BCUT2D eigenvalue weighted by molar-refractivity contribution is 7.91. The van der Waals surface area contributed by atoms with E-state index >= 15 is 0 Å². The first-order chi connectivity index (χ1) is 12.4. The minimum atomic E-state index is -3.42. The minimum Gasteiger partial charge on any atom is -0.352 e. The molecule has 0 aliphatic carbocycles. The highest BCUT2D eigenvalue weighted by Gasteiger charge is 2.27. The van der Waals surface area contributed by atoms with Crippen LogP contribution in [0.15, 0.2) is 40.6 Å². The fourth-order valence-electron chi connectivity index (χ4n) is 3.07. The maximum atomic E-state index is 12.7. The molecule has 1 N–H and O–H groups in total. The average molecular weight is 393 g/mol. The average Bonchev–Trinajstić information content (AvgIpc) is 3.10. The second-order valence-electron chi connectivity index (χ2n) is 6.63. The highest BCUT2D eigenvalue weighted by Crippen LogP contribution is 2.27. The van der Waals surface area contributed by atoms with E-state index in [1.165, 1.54) is 11.3 Å². The van der Waals surface area contributed by atoms with Crippen molar-refractivity contribution in [2.24, 2.45) is 0 Å². The molecule has 2 heterocycles. The lowest BCUT2D eigenvalue weighted by atomic mass is 10.1. The standard InChI is InChI=1S/C19H24N2O3S2/c1-15-6-5-7-16(12-15)14-20-18(22)13-17-8-9-19(25-17)26(23,24)21-10-3-2-4-11-21/h5-9,12H,2-4,10-11,13-14H2,1H3,(H,20,22). The summed E-state index contributed by atoms with van der Waals surface area (Å²) in [6.45, 7) is 3.67. The molecule has 7 heteroatoms. The molecule has 1 aliphatic rings. The van der Waals surface area contributed by atoms with E-state index in [2.05, 4.69) is 5.32 Å². The molecule has 0 radical (unpaired) electrons. The predicted molar refractivity (Wildman–Crippen MR) is 104 cm³/mol. The van der Waals surface area contributed by atoms with Crippen LogP contribution >= 0.6 is 11.3 Å². The van der Waals surface area contributed by atoms with Crippen molar-refractivity contribution in [1.82, 2.24) is 9.62 Å². The zero-order valence-electron chi connectivity index (χ0n) is 14.9. The third-order valence-corrected chi connectivity index (χ3v) is 7.90. The Morgan fingerprint density at radius 1 is 1.15 bits per heavy atom. The summed E-state index contributed by atoms with van der Waals surface area (Å²) in [4.78, 5) is 12.9. The minimum absolute atomic E-state index is 0.102. The molecule has 1 amide bonds. The van der Waals surface area contributed by atoms with E-state index in [9.17, 15) is 13.2 Å². The number of aryl methyl sites for hydroxylation is 1. The molecule has 26 heavy (non-hydrogen) atoms. The molecule has 0 saturated carbocycles. The summed E-state index contributed by atoms with van der Waals surface area (Å²) in [5.41, 5.74) is 2.21. The van der Waals surface area contributed by atoms with Crippen LogP contribution in [0, 0.1) is 6.92 Å². The monoisotopic (exact) mass is 392 g/mol. The van der Waals surface area contributed by atoms with Crippen LogP contribution in [-0.4, -0.2) is 31.7 Å². The van der Waals surface area contributed by atoms with Crippen molar-refractivity contribution >= 4 is 27.3 Å². The first-order valence-electron chi connectivity index (χ1n) is 8.86. The molecule has 1 aliphatic heterocycles. The first kappa shape index (κ1) is 19.1. The molecule has 0 unspecified atom stereocenters. The Morgan fingerprint density at radius 2 is 1.92 bits per heavy atom. The SMILES string of the molecule is Cc1cccc(CNC(=O)Cc2ccc(S(=O)(=O)N3CCCCC3)s2)c1. The van der Waals surface area contributed by atoms with E-state index in [1.807, 2.05) is 31.2 Å². The summed E-state index contributed by atoms with van der Waals surface area (Å²) < 4.78 is 27.2. The fourth-order valence-corrected chi connectivity index (χ4v) is 6.09. The smallest absolute Gasteiger partial charge is 0.252 e. The quantitative estimate of drug-likeness (QED) is 0.821. The maximum Gasteiger partial charge on any atom is 0.252 e. The molecule has 140 valence electrons. The Hall–Kier alpha value is -1.70. The van der Waals surface area contributed by atoms with Crippen LogP contribution < -0.4 is 5.32 Å². The molecular weight excluding hydrogens is 368 g/mol. The Kier molecular flexibility index (Phi) is 6.11. The Labute approximate surface area is 159 Å². The number of hydrogen-bond donors (Lipinski definition) is 1. The molecule has 1 aromatic carbocycles. The van der Waals surface area contributed by atoms with Crippen molar-refractivity contribution in [3.63, 3.8) is 0 Å². The molecule has 0 spiro atoms. The molecule has 0 bridgehead atoms. The van der Waals surface area contributed by atoms with Crippen LogP contribution in [0.1, 0.15) is 35.3 Å². The van der Waals surface area contributed by atoms with Gasteiger partial charge in [0.05, 0.1) is 6.42 Å². The van der Waals surface area contributed by atoms with E-state index in [4.69, 9.17) is 0 Å². The van der Waals surface area contributed by atoms with Crippen LogP contribution in [0.5, 0.6) is 0 Å². The lowest BCUT2D eigenvalue weighted by molar-refractivity contribution is -0.120. The van der Waals surface area contributed by atoms with Crippen LogP contribution in [0.2, 0.25) is 0 Å². The van der Waals surface area contributed by atoms with Gasteiger partial charge in [0.1, 0.15) is 4.21 Å². The van der Waals surface area contributed by atoms with Gasteiger partial charge in [-0.2, -0.15) is 4.31 Å². The molecule has 2 aromatic rings. The number of nitrogens with one attached hydrogen (secondary N) is 1. The molecular formula is C19H24N2O3S2. The van der Waals surface area contributed by atoms with Gasteiger partial charge in [0, 0.05) is 24.5 Å². The van der Waals surface area contributed by atoms with Gasteiger partial charge in [-0.05, 0) is 37.5 Å². The van der Waals surface area contributed by atoms with E-state index in [0.717, 1.165) is 35.3 Å². The van der Waals surface area contributed by atoms with E-state index < -0.39 is 10.0 Å². The summed E-state index contributed by atoms with van der Waals surface area (Å²) in [5, 5.41) is 2.89. The number of nitrogens with zero attached hydrogens (tertiary/aromatic N) is 1. The van der Waals surface area contributed by atoms with Crippen molar-refractivity contribution in [3.05, 3.63) is 52.4 Å². The van der Waals surface area contributed by atoms with Crippen LogP contribution in [0.3, 0.4) is 0 Å². The Bertz CT molecular complexity index is 868. The second kappa shape index (κ2) is 8.33. The zero-order valence-corrected chi connectivity index (χ0v) is 16.5. The molecule has 3 rings (SSSR count). The van der Waals surface area contributed by atoms with E-state index in [0.29, 0.717) is 23.8 Å². The van der Waals surface area contributed by atoms with Gasteiger partial charge in [0.15, 0.2) is 0 Å². The van der Waals surface area contributed by atoms with Gasteiger partial charge in [-0.15, -0.1) is 11.3 Å². The van der Waals surface area contributed by atoms with Gasteiger partial charge in [-0.25, -0.2) is 8.42 Å². The number of thiophene rings is 1. The van der Waals surface area contributed by atoms with E-state index in [1.54, 1.807) is 16.4 Å². The van der Waals surface area contributed by atoms with Crippen molar-refractivity contribution in [2.75, 3.05) is 13.1 Å². The summed E-state index contributed by atoms with van der Waals surface area (Å²) >= 11 is 1.20. The number of piperidine rings is 1.